The summed E-state index contributed by atoms with van der Waals surface area (Å²) in [4.78, 5) is 8.23. The second kappa shape index (κ2) is 6.70. The largest absolute Gasteiger partial charge is 0.368 e. The third-order valence-electron chi connectivity index (χ3n) is 3.82. The van der Waals surface area contributed by atoms with Crippen LogP contribution in [0.15, 0.2) is 35.8 Å². The number of nitriles is 1. The molecule has 0 radical (unpaired) electrons. The SMILES string of the molecule is N#Cc1ccc(NCC(c2cccs2)N2CCCC2)nc1. The summed E-state index contributed by atoms with van der Waals surface area (Å²) in [7, 11) is 0. The number of nitrogens with one attached hydrogen (secondary N) is 1. The van der Waals surface area contributed by atoms with E-state index in [2.05, 4.69) is 38.8 Å². The van der Waals surface area contributed by atoms with Gasteiger partial charge in [-0.25, -0.2) is 4.98 Å². The van der Waals surface area contributed by atoms with Gasteiger partial charge in [-0.3, -0.25) is 4.90 Å². The summed E-state index contributed by atoms with van der Waals surface area (Å²) >= 11 is 1.81. The molecule has 0 saturated carbocycles. The molecule has 2 aromatic heterocycles. The number of anilines is 1. The van der Waals surface area contributed by atoms with Gasteiger partial charge in [0.05, 0.1) is 11.6 Å². The van der Waals surface area contributed by atoms with Gasteiger partial charge >= 0.3 is 0 Å². The second-order valence-corrected chi connectivity index (χ2v) is 6.18. The summed E-state index contributed by atoms with van der Waals surface area (Å²) in [5.74, 6) is 0.828. The minimum atomic E-state index is 0.407. The number of hydrogen-bond acceptors (Lipinski definition) is 5. The molecule has 3 rings (SSSR count). The molecule has 0 spiro atoms. The molecular weight excluding hydrogens is 280 g/mol. The Bertz CT molecular complexity index is 594. The Hall–Kier alpha value is -1.90. The zero-order valence-corrected chi connectivity index (χ0v) is 12.6. The maximum Gasteiger partial charge on any atom is 0.126 e. The van der Waals surface area contributed by atoms with E-state index >= 15 is 0 Å². The predicted molar refractivity (Wildman–Crippen MR) is 85.3 cm³/mol. The van der Waals surface area contributed by atoms with Crippen LogP contribution in [0.5, 0.6) is 0 Å². The molecule has 0 aromatic carbocycles. The monoisotopic (exact) mass is 298 g/mol. The van der Waals surface area contributed by atoms with E-state index in [9.17, 15) is 0 Å². The summed E-state index contributed by atoms with van der Waals surface area (Å²) in [6, 6.07) is 10.5. The molecule has 108 valence electrons. The Kier molecular flexibility index (Phi) is 4.49. The van der Waals surface area contributed by atoms with Crippen molar-refractivity contribution in [3.63, 3.8) is 0 Å². The minimum Gasteiger partial charge on any atom is -0.368 e. The molecule has 21 heavy (non-hydrogen) atoms. The number of nitrogens with zero attached hydrogens (tertiary/aromatic N) is 3. The van der Waals surface area contributed by atoms with Crippen molar-refractivity contribution in [3.05, 3.63) is 46.3 Å². The molecule has 5 heteroatoms. The summed E-state index contributed by atoms with van der Waals surface area (Å²) in [6.07, 6.45) is 4.19. The maximum absolute atomic E-state index is 8.80. The van der Waals surface area contributed by atoms with Gasteiger partial charge in [-0.05, 0) is 49.5 Å². The fourth-order valence-corrected chi connectivity index (χ4v) is 3.57. The Balaban J connectivity index is 1.68. The first kappa shape index (κ1) is 14.1. The van der Waals surface area contributed by atoms with E-state index in [1.165, 1.54) is 30.8 Å². The number of hydrogen-bond donors (Lipinski definition) is 1. The molecule has 0 aliphatic carbocycles. The topological polar surface area (TPSA) is 52.0 Å². The lowest BCUT2D eigenvalue weighted by molar-refractivity contribution is 0.259. The first-order chi connectivity index (χ1) is 10.4. The van der Waals surface area contributed by atoms with Crippen LogP contribution < -0.4 is 5.32 Å². The fourth-order valence-electron chi connectivity index (χ4n) is 2.71. The molecule has 0 amide bonds. The van der Waals surface area contributed by atoms with Crippen LogP contribution in [0.3, 0.4) is 0 Å². The van der Waals surface area contributed by atoms with Gasteiger partial charge < -0.3 is 5.32 Å². The number of rotatable bonds is 5. The zero-order chi connectivity index (χ0) is 14.5. The highest BCUT2D eigenvalue weighted by atomic mass is 32.1. The van der Waals surface area contributed by atoms with E-state index in [1.807, 2.05) is 17.4 Å². The lowest BCUT2D eigenvalue weighted by atomic mass is 10.2. The summed E-state index contributed by atoms with van der Waals surface area (Å²) in [6.45, 7) is 3.19. The van der Waals surface area contributed by atoms with Crippen molar-refractivity contribution in [2.24, 2.45) is 0 Å². The Morgan fingerprint density at radius 1 is 1.33 bits per heavy atom. The van der Waals surface area contributed by atoms with E-state index < -0.39 is 0 Å². The van der Waals surface area contributed by atoms with E-state index in [4.69, 9.17) is 5.26 Å². The van der Waals surface area contributed by atoms with E-state index in [0.717, 1.165) is 12.4 Å². The normalized spacial score (nSPS) is 16.5. The van der Waals surface area contributed by atoms with Gasteiger partial charge in [0.15, 0.2) is 0 Å². The van der Waals surface area contributed by atoms with Crippen LogP contribution in [-0.2, 0) is 0 Å². The average Bonchev–Trinajstić information content (AvgIpc) is 3.22. The van der Waals surface area contributed by atoms with Crippen LogP contribution in [0.1, 0.15) is 29.3 Å². The molecule has 1 fully saturated rings. The van der Waals surface area contributed by atoms with Crippen LogP contribution in [0.25, 0.3) is 0 Å². The fraction of sp³-hybridized carbons (Fsp3) is 0.375. The van der Waals surface area contributed by atoms with Crippen LogP contribution in [0, 0.1) is 11.3 Å². The summed E-state index contributed by atoms with van der Waals surface area (Å²) in [5.41, 5.74) is 0.592. The van der Waals surface area contributed by atoms with Gasteiger partial charge in [0.25, 0.3) is 0 Å². The molecule has 1 aliphatic heterocycles. The quantitative estimate of drug-likeness (QED) is 0.920. The highest BCUT2D eigenvalue weighted by Gasteiger charge is 2.24. The minimum absolute atomic E-state index is 0.407. The van der Waals surface area contributed by atoms with Crippen LogP contribution in [-0.4, -0.2) is 29.5 Å². The van der Waals surface area contributed by atoms with Crippen molar-refractivity contribution in [2.75, 3.05) is 25.0 Å². The maximum atomic E-state index is 8.80. The average molecular weight is 298 g/mol. The van der Waals surface area contributed by atoms with Gasteiger partial charge in [0, 0.05) is 17.6 Å². The highest BCUT2D eigenvalue weighted by molar-refractivity contribution is 7.10. The smallest absolute Gasteiger partial charge is 0.126 e. The Morgan fingerprint density at radius 2 is 2.19 bits per heavy atom. The van der Waals surface area contributed by atoms with Gasteiger partial charge in [-0.15, -0.1) is 11.3 Å². The third kappa shape index (κ3) is 3.41. The number of pyridine rings is 1. The summed E-state index contributed by atoms with van der Waals surface area (Å²) in [5, 5.41) is 14.3. The first-order valence-corrected chi connectivity index (χ1v) is 8.12. The summed E-state index contributed by atoms with van der Waals surface area (Å²) < 4.78 is 0. The van der Waals surface area contributed by atoms with Crippen molar-refractivity contribution >= 4 is 17.2 Å². The van der Waals surface area contributed by atoms with Crippen LogP contribution in [0.2, 0.25) is 0 Å². The van der Waals surface area contributed by atoms with Crippen molar-refractivity contribution < 1.29 is 0 Å². The first-order valence-electron chi connectivity index (χ1n) is 7.24. The van der Waals surface area contributed by atoms with Gasteiger partial charge in [-0.2, -0.15) is 5.26 Å². The Morgan fingerprint density at radius 3 is 2.81 bits per heavy atom. The molecule has 4 nitrogen and oxygen atoms in total. The van der Waals surface area contributed by atoms with Gasteiger partial charge in [0.1, 0.15) is 11.9 Å². The van der Waals surface area contributed by atoms with Crippen molar-refractivity contribution in [1.29, 1.82) is 5.26 Å². The van der Waals surface area contributed by atoms with E-state index in [1.54, 1.807) is 12.3 Å². The number of likely N-dealkylation sites (tertiary alicyclic amines) is 1. The number of aromatic nitrogens is 1. The van der Waals surface area contributed by atoms with Crippen molar-refractivity contribution in [1.82, 2.24) is 9.88 Å². The lowest BCUT2D eigenvalue weighted by Gasteiger charge is -2.27. The molecule has 1 unspecified atom stereocenters. The third-order valence-corrected chi connectivity index (χ3v) is 4.80. The second-order valence-electron chi connectivity index (χ2n) is 5.20. The molecule has 1 N–H and O–H groups in total. The van der Waals surface area contributed by atoms with Crippen LogP contribution in [0.4, 0.5) is 5.82 Å². The zero-order valence-electron chi connectivity index (χ0n) is 11.8. The van der Waals surface area contributed by atoms with Gasteiger partial charge in [0.2, 0.25) is 0 Å². The van der Waals surface area contributed by atoms with Crippen molar-refractivity contribution in [2.45, 2.75) is 18.9 Å². The molecule has 0 bridgehead atoms. The number of thiophene rings is 1. The molecule has 1 aliphatic rings. The van der Waals surface area contributed by atoms with E-state index in [-0.39, 0.29) is 0 Å². The Labute approximate surface area is 129 Å². The molecule has 1 saturated heterocycles. The van der Waals surface area contributed by atoms with Crippen molar-refractivity contribution in [3.8, 4) is 6.07 Å². The van der Waals surface area contributed by atoms with E-state index in [0.29, 0.717) is 11.6 Å². The predicted octanol–water partition coefficient (Wildman–Crippen LogP) is 3.26. The van der Waals surface area contributed by atoms with Gasteiger partial charge in [-0.1, -0.05) is 6.07 Å². The highest BCUT2D eigenvalue weighted by Crippen LogP contribution is 2.28. The molecular formula is C16H18N4S. The molecule has 3 heterocycles. The molecule has 2 aromatic rings. The molecule has 1 atom stereocenters. The van der Waals surface area contributed by atoms with Crippen LogP contribution >= 0.6 is 11.3 Å². The standard InChI is InChI=1S/C16H18N4S/c17-10-13-5-6-16(18-11-13)19-12-14(15-4-3-9-21-15)20-7-1-2-8-20/h3-6,9,11,14H,1-2,7-8,12H2,(H,18,19). The lowest BCUT2D eigenvalue weighted by Crippen LogP contribution is -2.30.